The fraction of sp³-hybridized carbons (Fsp3) is 0.333. The van der Waals surface area contributed by atoms with Crippen molar-refractivity contribution in [2.45, 2.75) is 19.4 Å². The van der Waals surface area contributed by atoms with E-state index in [0.717, 1.165) is 6.07 Å². The second kappa shape index (κ2) is 4.40. The van der Waals surface area contributed by atoms with Crippen LogP contribution < -0.4 is 4.74 Å². The molecule has 0 amide bonds. The third-order valence-electron chi connectivity index (χ3n) is 1.65. The van der Waals surface area contributed by atoms with E-state index >= 15 is 0 Å². The van der Waals surface area contributed by atoms with Crippen LogP contribution in [0.5, 0.6) is 5.75 Å². The van der Waals surface area contributed by atoms with Gasteiger partial charge in [0.15, 0.2) is 0 Å². The van der Waals surface area contributed by atoms with Crippen LogP contribution in [0.25, 0.3) is 0 Å². The summed E-state index contributed by atoms with van der Waals surface area (Å²) in [6.07, 6.45) is -5.78. The van der Waals surface area contributed by atoms with Crippen LogP contribution in [0.3, 0.4) is 0 Å². The number of aliphatic hydroxyl groups is 1. The fourth-order valence-electron chi connectivity index (χ4n) is 1.06. The molecule has 1 N–H and O–H groups in total. The summed E-state index contributed by atoms with van der Waals surface area (Å²) in [4.78, 5) is 0. The molecule has 0 saturated heterocycles. The van der Waals surface area contributed by atoms with Gasteiger partial charge in [-0.3, -0.25) is 0 Å². The average Bonchev–Trinajstić information content (AvgIpc) is 2.05. The zero-order valence-corrected chi connectivity index (χ0v) is 9.26. The quantitative estimate of drug-likeness (QED) is 0.902. The van der Waals surface area contributed by atoms with Crippen LogP contribution in [0.15, 0.2) is 22.7 Å². The lowest BCUT2D eigenvalue weighted by molar-refractivity contribution is -0.275. The van der Waals surface area contributed by atoms with Gasteiger partial charge in [-0.2, -0.15) is 0 Å². The van der Waals surface area contributed by atoms with Gasteiger partial charge in [0, 0.05) is 10.0 Å². The lowest BCUT2D eigenvalue weighted by Crippen LogP contribution is -2.18. The van der Waals surface area contributed by atoms with Gasteiger partial charge in [-0.25, -0.2) is 0 Å². The minimum Gasteiger partial charge on any atom is -0.405 e. The molecule has 0 bridgehead atoms. The number of rotatable bonds is 2. The van der Waals surface area contributed by atoms with Crippen LogP contribution in [0, 0.1) is 0 Å². The minimum absolute atomic E-state index is 0.0849. The summed E-state index contributed by atoms with van der Waals surface area (Å²) in [5.41, 5.74) is 0.0849. The Hall–Kier alpha value is -0.750. The van der Waals surface area contributed by atoms with Gasteiger partial charge in [0.05, 0.1) is 6.10 Å². The summed E-state index contributed by atoms with van der Waals surface area (Å²) in [5.74, 6) is -0.388. The van der Waals surface area contributed by atoms with E-state index < -0.39 is 12.5 Å². The number of halogens is 4. The van der Waals surface area contributed by atoms with E-state index in [9.17, 15) is 18.3 Å². The third-order valence-corrected chi connectivity index (χ3v) is 2.14. The smallest absolute Gasteiger partial charge is 0.405 e. The van der Waals surface area contributed by atoms with Crippen molar-refractivity contribution in [2.24, 2.45) is 0 Å². The molecule has 1 aromatic carbocycles. The Labute approximate surface area is 92.8 Å². The molecular weight excluding hydrogens is 277 g/mol. The second-order valence-electron chi connectivity index (χ2n) is 2.91. The number of hydrogen-bond donors (Lipinski definition) is 1. The Bertz CT molecular complexity index is 350. The molecule has 6 heteroatoms. The summed E-state index contributed by atoms with van der Waals surface area (Å²) in [6, 6.07) is 3.94. The topological polar surface area (TPSA) is 29.5 Å². The normalized spacial score (nSPS) is 13.7. The van der Waals surface area contributed by atoms with E-state index in [4.69, 9.17) is 0 Å². The highest BCUT2D eigenvalue weighted by atomic mass is 79.9. The lowest BCUT2D eigenvalue weighted by atomic mass is 10.1. The minimum atomic E-state index is -4.75. The van der Waals surface area contributed by atoms with Crippen molar-refractivity contribution < 1.29 is 23.0 Å². The molecule has 84 valence electrons. The van der Waals surface area contributed by atoms with Gasteiger partial charge >= 0.3 is 6.36 Å². The van der Waals surface area contributed by atoms with Crippen molar-refractivity contribution in [3.05, 3.63) is 28.2 Å². The first-order valence-electron chi connectivity index (χ1n) is 4.03. The van der Waals surface area contributed by atoms with Crippen LogP contribution in [0.1, 0.15) is 18.6 Å². The average molecular weight is 285 g/mol. The van der Waals surface area contributed by atoms with E-state index in [0.29, 0.717) is 4.47 Å². The monoisotopic (exact) mass is 284 g/mol. The largest absolute Gasteiger partial charge is 0.573 e. The highest BCUT2D eigenvalue weighted by Crippen LogP contribution is 2.32. The molecule has 2 nitrogen and oxygen atoms in total. The van der Waals surface area contributed by atoms with Gasteiger partial charge < -0.3 is 9.84 Å². The van der Waals surface area contributed by atoms with Crippen molar-refractivity contribution in [1.82, 2.24) is 0 Å². The fourth-order valence-corrected chi connectivity index (χ4v) is 1.44. The molecule has 0 spiro atoms. The van der Waals surface area contributed by atoms with Crippen molar-refractivity contribution in [3.8, 4) is 5.75 Å². The molecule has 1 aromatic rings. The van der Waals surface area contributed by atoms with Crippen LogP contribution >= 0.6 is 15.9 Å². The molecule has 0 aromatic heterocycles. The molecule has 0 saturated carbocycles. The van der Waals surface area contributed by atoms with E-state index in [1.165, 1.54) is 19.1 Å². The zero-order valence-electron chi connectivity index (χ0n) is 7.68. The maximum Gasteiger partial charge on any atom is 0.573 e. The van der Waals surface area contributed by atoms with Gasteiger partial charge in [-0.15, -0.1) is 13.2 Å². The first kappa shape index (κ1) is 12.3. The molecule has 15 heavy (non-hydrogen) atoms. The molecule has 0 aliphatic carbocycles. The van der Waals surface area contributed by atoms with E-state index in [-0.39, 0.29) is 11.3 Å². The number of aliphatic hydroxyl groups excluding tert-OH is 1. The van der Waals surface area contributed by atoms with Gasteiger partial charge in [0.1, 0.15) is 5.75 Å². The molecule has 1 rings (SSSR count). The summed E-state index contributed by atoms with van der Waals surface area (Å²) >= 11 is 3.10. The Morgan fingerprint density at radius 2 is 2.00 bits per heavy atom. The first-order chi connectivity index (χ1) is 6.79. The number of alkyl halides is 3. The Morgan fingerprint density at radius 1 is 1.40 bits per heavy atom. The number of hydrogen-bond acceptors (Lipinski definition) is 2. The summed E-state index contributed by atoms with van der Waals surface area (Å²) < 4.78 is 40.3. The molecule has 0 aliphatic heterocycles. The van der Waals surface area contributed by atoms with Crippen molar-refractivity contribution in [3.63, 3.8) is 0 Å². The number of benzene rings is 1. The van der Waals surface area contributed by atoms with Gasteiger partial charge in [-0.1, -0.05) is 15.9 Å². The first-order valence-corrected chi connectivity index (χ1v) is 4.82. The summed E-state index contributed by atoms with van der Waals surface area (Å²) in [7, 11) is 0. The highest BCUT2D eigenvalue weighted by molar-refractivity contribution is 9.10. The van der Waals surface area contributed by atoms with Crippen molar-refractivity contribution >= 4 is 15.9 Å². The standard InChI is InChI=1S/C9H8BrF3O2/c1-5(14)7-4-6(10)2-3-8(7)15-9(11,12)13/h2-5,14H,1H3. The predicted molar refractivity (Wildman–Crippen MR) is 51.5 cm³/mol. The Balaban J connectivity index is 3.06. The Kier molecular flexibility index (Phi) is 3.62. The maximum absolute atomic E-state index is 12.0. The molecule has 1 atom stereocenters. The number of ether oxygens (including phenoxy) is 1. The van der Waals surface area contributed by atoms with Gasteiger partial charge in [0.2, 0.25) is 0 Å². The van der Waals surface area contributed by atoms with Crippen LogP contribution in [0.2, 0.25) is 0 Å². The SMILES string of the molecule is CC(O)c1cc(Br)ccc1OC(F)(F)F. The van der Waals surface area contributed by atoms with Crippen LogP contribution in [-0.2, 0) is 0 Å². The van der Waals surface area contributed by atoms with Gasteiger partial charge in [-0.05, 0) is 25.1 Å². The summed E-state index contributed by atoms with van der Waals surface area (Å²) in [6.45, 7) is 1.37. The lowest BCUT2D eigenvalue weighted by Gasteiger charge is -2.15. The highest BCUT2D eigenvalue weighted by Gasteiger charge is 2.32. The Morgan fingerprint density at radius 3 is 2.47 bits per heavy atom. The molecule has 1 unspecified atom stereocenters. The molecule has 0 heterocycles. The summed E-state index contributed by atoms with van der Waals surface area (Å²) in [5, 5.41) is 9.26. The second-order valence-corrected chi connectivity index (χ2v) is 3.82. The maximum atomic E-state index is 12.0. The molecule has 0 fully saturated rings. The van der Waals surface area contributed by atoms with Gasteiger partial charge in [0.25, 0.3) is 0 Å². The zero-order chi connectivity index (χ0) is 11.6. The van der Waals surface area contributed by atoms with E-state index in [2.05, 4.69) is 20.7 Å². The van der Waals surface area contributed by atoms with Crippen molar-refractivity contribution in [1.29, 1.82) is 0 Å². The predicted octanol–water partition coefficient (Wildman–Crippen LogP) is 3.40. The molecular formula is C9H8BrF3O2. The van der Waals surface area contributed by atoms with Crippen LogP contribution in [0.4, 0.5) is 13.2 Å². The van der Waals surface area contributed by atoms with E-state index in [1.807, 2.05) is 0 Å². The molecule has 0 aliphatic rings. The van der Waals surface area contributed by atoms with Crippen molar-refractivity contribution in [2.75, 3.05) is 0 Å². The molecule has 0 radical (unpaired) electrons. The van der Waals surface area contributed by atoms with E-state index in [1.54, 1.807) is 0 Å². The third kappa shape index (κ3) is 3.71. The van der Waals surface area contributed by atoms with Crippen LogP contribution in [-0.4, -0.2) is 11.5 Å².